The SMILES string of the molecule is CCOC(=O)/C=C(\CCN(C)C(=O)OC(C)(C)C)Nc1ccc(OC)cc1. The van der Waals surface area contributed by atoms with Gasteiger partial charge in [-0.3, -0.25) is 0 Å². The molecule has 0 fully saturated rings. The maximum absolute atomic E-state index is 12.1. The third-order valence-electron chi connectivity index (χ3n) is 3.40. The van der Waals surface area contributed by atoms with E-state index in [1.165, 1.54) is 11.0 Å². The number of benzene rings is 1. The van der Waals surface area contributed by atoms with Gasteiger partial charge in [-0.2, -0.15) is 0 Å². The minimum absolute atomic E-state index is 0.295. The number of hydrogen-bond acceptors (Lipinski definition) is 6. The Bertz CT molecular complexity index is 647. The lowest BCUT2D eigenvalue weighted by molar-refractivity contribution is -0.137. The molecule has 7 nitrogen and oxygen atoms in total. The van der Waals surface area contributed by atoms with Crippen molar-refractivity contribution in [3.8, 4) is 5.75 Å². The first-order valence-electron chi connectivity index (χ1n) is 8.87. The van der Waals surface area contributed by atoms with Crippen LogP contribution in [0.2, 0.25) is 0 Å². The Kier molecular flexibility index (Phi) is 8.65. The summed E-state index contributed by atoms with van der Waals surface area (Å²) in [6, 6.07) is 7.32. The van der Waals surface area contributed by atoms with E-state index in [0.29, 0.717) is 25.3 Å². The second kappa shape index (κ2) is 10.4. The van der Waals surface area contributed by atoms with Crippen molar-refractivity contribution in [2.45, 2.75) is 39.7 Å². The summed E-state index contributed by atoms with van der Waals surface area (Å²) in [5.41, 5.74) is 0.872. The zero-order chi connectivity index (χ0) is 20.4. The van der Waals surface area contributed by atoms with Gasteiger partial charge < -0.3 is 24.4 Å². The number of ether oxygens (including phenoxy) is 3. The summed E-state index contributed by atoms with van der Waals surface area (Å²) < 4.78 is 15.5. The number of esters is 1. The van der Waals surface area contributed by atoms with Crippen LogP contribution in [0.25, 0.3) is 0 Å². The summed E-state index contributed by atoms with van der Waals surface area (Å²) in [7, 11) is 3.25. The molecule has 1 aromatic rings. The van der Waals surface area contributed by atoms with Crippen LogP contribution in [0, 0.1) is 0 Å². The van der Waals surface area contributed by atoms with E-state index in [1.807, 2.05) is 45.0 Å². The Labute approximate surface area is 161 Å². The molecular formula is C20H30N2O5. The molecule has 0 aliphatic rings. The summed E-state index contributed by atoms with van der Waals surface area (Å²) in [6.07, 6.45) is 1.42. The quantitative estimate of drug-likeness (QED) is 0.547. The highest BCUT2D eigenvalue weighted by molar-refractivity contribution is 5.83. The van der Waals surface area contributed by atoms with Gasteiger partial charge in [0, 0.05) is 37.5 Å². The number of carbonyl (C=O) groups excluding carboxylic acids is 2. The number of anilines is 1. The van der Waals surface area contributed by atoms with Gasteiger partial charge in [0.25, 0.3) is 0 Å². The van der Waals surface area contributed by atoms with Crippen LogP contribution in [0.3, 0.4) is 0 Å². The number of rotatable bonds is 8. The van der Waals surface area contributed by atoms with Gasteiger partial charge in [-0.25, -0.2) is 9.59 Å². The highest BCUT2D eigenvalue weighted by Crippen LogP contribution is 2.18. The molecule has 7 heteroatoms. The zero-order valence-electron chi connectivity index (χ0n) is 17.0. The first kappa shape index (κ1) is 22.3. The molecule has 27 heavy (non-hydrogen) atoms. The van der Waals surface area contributed by atoms with E-state index in [9.17, 15) is 9.59 Å². The molecule has 1 rings (SSSR count). The molecule has 0 aliphatic carbocycles. The van der Waals surface area contributed by atoms with Gasteiger partial charge in [-0.05, 0) is 52.0 Å². The molecule has 1 amide bonds. The van der Waals surface area contributed by atoms with Crippen LogP contribution >= 0.6 is 0 Å². The summed E-state index contributed by atoms with van der Waals surface area (Å²) >= 11 is 0. The third kappa shape index (κ3) is 8.99. The number of methoxy groups -OCH3 is 1. The fraction of sp³-hybridized carbons (Fsp3) is 0.500. The highest BCUT2D eigenvalue weighted by Gasteiger charge is 2.19. The minimum atomic E-state index is -0.559. The lowest BCUT2D eigenvalue weighted by atomic mass is 10.2. The predicted molar refractivity (Wildman–Crippen MR) is 105 cm³/mol. The van der Waals surface area contributed by atoms with Crippen molar-refractivity contribution in [3.63, 3.8) is 0 Å². The average Bonchev–Trinajstić information content (AvgIpc) is 2.58. The van der Waals surface area contributed by atoms with Gasteiger partial charge in [0.05, 0.1) is 13.7 Å². The second-order valence-electron chi connectivity index (χ2n) is 6.93. The van der Waals surface area contributed by atoms with E-state index in [-0.39, 0.29) is 0 Å². The first-order valence-corrected chi connectivity index (χ1v) is 8.87. The molecule has 1 aromatic carbocycles. The minimum Gasteiger partial charge on any atom is -0.497 e. The van der Waals surface area contributed by atoms with Gasteiger partial charge in [-0.15, -0.1) is 0 Å². The average molecular weight is 378 g/mol. The lowest BCUT2D eigenvalue weighted by Crippen LogP contribution is -2.35. The number of carbonyl (C=O) groups is 2. The number of nitrogens with zero attached hydrogens (tertiary/aromatic N) is 1. The van der Waals surface area contributed by atoms with Crippen molar-refractivity contribution in [2.24, 2.45) is 0 Å². The van der Waals surface area contributed by atoms with Crippen molar-refractivity contribution in [1.29, 1.82) is 0 Å². The van der Waals surface area contributed by atoms with Crippen molar-refractivity contribution >= 4 is 17.7 Å². The van der Waals surface area contributed by atoms with Crippen LogP contribution in [-0.2, 0) is 14.3 Å². The molecule has 150 valence electrons. The van der Waals surface area contributed by atoms with Crippen molar-refractivity contribution in [1.82, 2.24) is 4.90 Å². The maximum atomic E-state index is 12.1. The van der Waals surface area contributed by atoms with Crippen molar-refractivity contribution < 1.29 is 23.8 Å². The molecule has 0 saturated heterocycles. The van der Waals surface area contributed by atoms with Crippen LogP contribution in [0.1, 0.15) is 34.1 Å². The number of nitrogens with one attached hydrogen (secondary N) is 1. The molecular weight excluding hydrogens is 348 g/mol. The molecule has 0 atom stereocenters. The fourth-order valence-corrected chi connectivity index (χ4v) is 2.08. The molecule has 0 radical (unpaired) electrons. The smallest absolute Gasteiger partial charge is 0.410 e. The van der Waals surface area contributed by atoms with E-state index in [2.05, 4.69) is 5.32 Å². The molecule has 0 bridgehead atoms. The first-order chi connectivity index (χ1) is 12.6. The number of amides is 1. The van der Waals surface area contributed by atoms with Gasteiger partial charge in [-0.1, -0.05) is 0 Å². The monoisotopic (exact) mass is 378 g/mol. The zero-order valence-corrected chi connectivity index (χ0v) is 17.0. The Morgan fingerprint density at radius 1 is 1.19 bits per heavy atom. The number of hydrogen-bond donors (Lipinski definition) is 1. The summed E-state index contributed by atoms with van der Waals surface area (Å²) in [4.78, 5) is 25.4. The Morgan fingerprint density at radius 2 is 1.81 bits per heavy atom. The molecule has 1 N–H and O–H groups in total. The van der Waals surface area contributed by atoms with E-state index in [4.69, 9.17) is 14.2 Å². The Balaban J connectivity index is 2.79. The van der Waals surface area contributed by atoms with Crippen LogP contribution in [0.5, 0.6) is 5.75 Å². The van der Waals surface area contributed by atoms with E-state index in [0.717, 1.165) is 11.4 Å². The van der Waals surface area contributed by atoms with Crippen LogP contribution in [0.15, 0.2) is 36.0 Å². The standard InChI is InChI=1S/C20H30N2O5/c1-7-26-18(23)14-16(21-15-8-10-17(25-6)11-9-15)12-13-22(5)19(24)27-20(2,3)4/h8-11,14,21H,7,12-13H2,1-6H3/b16-14+. The van der Waals surface area contributed by atoms with Crippen LogP contribution in [0.4, 0.5) is 10.5 Å². The topological polar surface area (TPSA) is 77.1 Å². The van der Waals surface area contributed by atoms with E-state index >= 15 is 0 Å². The summed E-state index contributed by atoms with van der Waals surface area (Å²) in [5, 5.41) is 3.19. The molecule has 0 heterocycles. The largest absolute Gasteiger partial charge is 0.497 e. The molecule has 0 unspecified atom stereocenters. The van der Waals surface area contributed by atoms with Crippen molar-refractivity contribution in [2.75, 3.05) is 32.6 Å². The van der Waals surface area contributed by atoms with Gasteiger partial charge >= 0.3 is 12.1 Å². The predicted octanol–water partition coefficient (Wildman–Crippen LogP) is 3.81. The van der Waals surface area contributed by atoms with Crippen molar-refractivity contribution in [3.05, 3.63) is 36.0 Å². The maximum Gasteiger partial charge on any atom is 0.410 e. The molecule has 0 aromatic heterocycles. The molecule has 0 saturated carbocycles. The molecule has 0 aliphatic heterocycles. The Hall–Kier alpha value is -2.70. The van der Waals surface area contributed by atoms with Gasteiger partial charge in [0.1, 0.15) is 11.4 Å². The van der Waals surface area contributed by atoms with Gasteiger partial charge in [0.15, 0.2) is 0 Å². The summed E-state index contributed by atoms with van der Waals surface area (Å²) in [6.45, 7) is 7.87. The van der Waals surface area contributed by atoms with E-state index in [1.54, 1.807) is 21.1 Å². The van der Waals surface area contributed by atoms with Crippen LogP contribution in [-0.4, -0.2) is 49.9 Å². The summed E-state index contributed by atoms with van der Waals surface area (Å²) in [5.74, 6) is 0.301. The Morgan fingerprint density at radius 3 is 2.33 bits per heavy atom. The third-order valence-corrected chi connectivity index (χ3v) is 3.40. The normalized spacial score (nSPS) is 11.6. The lowest BCUT2D eigenvalue weighted by Gasteiger charge is -2.25. The molecule has 0 spiro atoms. The van der Waals surface area contributed by atoms with E-state index < -0.39 is 17.7 Å². The fourth-order valence-electron chi connectivity index (χ4n) is 2.08. The second-order valence-corrected chi connectivity index (χ2v) is 6.93. The van der Waals surface area contributed by atoms with Gasteiger partial charge in [0.2, 0.25) is 0 Å². The highest BCUT2D eigenvalue weighted by atomic mass is 16.6. The van der Waals surface area contributed by atoms with Crippen LogP contribution < -0.4 is 10.1 Å².